The minimum Gasteiger partial charge on any atom is -0.356 e. The molecule has 1 unspecified atom stereocenters. The number of likely N-dealkylation sites (tertiary alicyclic amines) is 1. The maximum atomic E-state index is 12.6. The Balaban J connectivity index is 2.53. The van der Waals surface area contributed by atoms with Crippen molar-refractivity contribution in [2.45, 2.75) is 67.2 Å². The molecular weight excluding hydrogens is 292 g/mol. The van der Waals surface area contributed by atoms with E-state index in [2.05, 4.69) is 26.1 Å². The van der Waals surface area contributed by atoms with Gasteiger partial charge in [-0.1, -0.05) is 41.5 Å². The van der Waals surface area contributed by atoms with Gasteiger partial charge in [0, 0.05) is 25.9 Å². The van der Waals surface area contributed by atoms with Crippen LogP contribution in [-0.2, 0) is 14.4 Å². The molecule has 1 saturated heterocycles. The Morgan fingerprint density at radius 3 is 2.35 bits per heavy atom. The summed E-state index contributed by atoms with van der Waals surface area (Å²) in [5, 5.41) is 2.86. The molecule has 0 bridgehead atoms. The first-order valence-corrected chi connectivity index (χ1v) is 8.65. The predicted molar refractivity (Wildman–Crippen MR) is 90.6 cm³/mol. The van der Waals surface area contributed by atoms with Gasteiger partial charge in [-0.25, -0.2) is 0 Å². The lowest BCUT2D eigenvalue weighted by Gasteiger charge is -2.29. The normalized spacial score (nSPS) is 22.1. The Hall–Kier alpha value is -1.39. The van der Waals surface area contributed by atoms with E-state index in [9.17, 15) is 14.4 Å². The maximum Gasteiger partial charge on any atom is 0.236 e. The van der Waals surface area contributed by atoms with Gasteiger partial charge in [0.15, 0.2) is 0 Å². The van der Waals surface area contributed by atoms with Crippen LogP contribution in [0.4, 0.5) is 0 Å². The van der Waals surface area contributed by atoms with E-state index in [1.165, 1.54) is 4.90 Å². The molecule has 0 aromatic rings. The van der Waals surface area contributed by atoms with Crippen molar-refractivity contribution in [3.63, 3.8) is 0 Å². The van der Waals surface area contributed by atoms with Gasteiger partial charge in [0.05, 0.1) is 5.41 Å². The van der Waals surface area contributed by atoms with E-state index in [1.807, 2.05) is 20.8 Å². The molecule has 1 N–H and O–H groups in total. The molecule has 3 amide bonds. The van der Waals surface area contributed by atoms with Crippen molar-refractivity contribution >= 4 is 17.7 Å². The Morgan fingerprint density at radius 1 is 1.30 bits per heavy atom. The summed E-state index contributed by atoms with van der Waals surface area (Å²) in [4.78, 5) is 38.0. The molecule has 0 radical (unpaired) electrons. The zero-order valence-corrected chi connectivity index (χ0v) is 15.5. The maximum absolute atomic E-state index is 12.6. The average molecular weight is 324 g/mol. The lowest BCUT2D eigenvalue weighted by molar-refractivity contribution is -0.142. The number of imide groups is 1. The van der Waals surface area contributed by atoms with Crippen molar-refractivity contribution in [1.82, 2.24) is 10.2 Å². The number of rotatable bonds is 7. The molecule has 132 valence electrons. The smallest absolute Gasteiger partial charge is 0.236 e. The summed E-state index contributed by atoms with van der Waals surface area (Å²) in [6, 6.07) is 0. The van der Waals surface area contributed by atoms with E-state index in [4.69, 9.17) is 0 Å². The second-order valence-electron chi connectivity index (χ2n) is 8.10. The molecule has 0 saturated carbocycles. The minimum atomic E-state index is -0.584. The third-order valence-corrected chi connectivity index (χ3v) is 4.93. The molecule has 1 atom stereocenters. The molecule has 1 aliphatic rings. The summed E-state index contributed by atoms with van der Waals surface area (Å²) < 4.78 is 0. The topological polar surface area (TPSA) is 66.5 Å². The Kier molecular flexibility index (Phi) is 6.37. The number of nitrogens with one attached hydrogen (secondary N) is 1. The number of carbonyl (C=O) groups is 3. The van der Waals surface area contributed by atoms with Crippen LogP contribution < -0.4 is 5.32 Å². The van der Waals surface area contributed by atoms with Crippen molar-refractivity contribution in [3.05, 3.63) is 0 Å². The molecule has 23 heavy (non-hydrogen) atoms. The molecule has 1 fully saturated rings. The highest BCUT2D eigenvalue weighted by atomic mass is 16.2. The molecule has 0 spiro atoms. The van der Waals surface area contributed by atoms with E-state index < -0.39 is 5.41 Å². The van der Waals surface area contributed by atoms with Gasteiger partial charge >= 0.3 is 0 Å². The highest BCUT2D eigenvalue weighted by molar-refractivity contribution is 6.06. The van der Waals surface area contributed by atoms with E-state index in [0.29, 0.717) is 13.0 Å². The lowest BCUT2D eigenvalue weighted by Crippen LogP contribution is -2.40. The van der Waals surface area contributed by atoms with Crippen LogP contribution in [0.3, 0.4) is 0 Å². The molecular formula is C18H32N2O3. The van der Waals surface area contributed by atoms with E-state index in [0.717, 1.165) is 6.42 Å². The number of hydrogen-bond donors (Lipinski definition) is 1. The van der Waals surface area contributed by atoms with E-state index in [1.54, 1.807) is 0 Å². The molecule has 0 aliphatic carbocycles. The van der Waals surface area contributed by atoms with Gasteiger partial charge in [0.25, 0.3) is 0 Å². The van der Waals surface area contributed by atoms with Gasteiger partial charge in [-0.3, -0.25) is 19.3 Å². The van der Waals surface area contributed by atoms with Crippen LogP contribution in [-0.4, -0.2) is 35.7 Å². The molecule has 5 heteroatoms. The van der Waals surface area contributed by atoms with Crippen LogP contribution in [0.5, 0.6) is 0 Å². The minimum absolute atomic E-state index is 0.103. The summed E-state index contributed by atoms with van der Waals surface area (Å²) in [6.45, 7) is 13.1. The first-order valence-electron chi connectivity index (χ1n) is 8.65. The van der Waals surface area contributed by atoms with Crippen molar-refractivity contribution in [3.8, 4) is 0 Å². The van der Waals surface area contributed by atoms with Crippen LogP contribution in [0.15, 0.2) is 0 Å². The summed E-state index contributed by atoms with van der Waals surface area (Å²) in [5.41, 5.74) is -0.411. The van der Waals surface area contributed by atoms with Gasteiger partial charge in [-0.05, 0) is 24.2 Å². The second-order valence-corrected chi connectivity index (χ2v) is 8.10. The molecule has 0 aromatic carbocycles. The van der Waals surface area contributed by atoms with Crippen molar-refractivity contribution in [2.24, 2.45) is 16.7 Å². The quantitative estimate of drug-likeness (QED) is 0.732. The summed E-state index contributed by atoms with van der Waals surface area (Å²) in [7, 11) is 0. The Labute approximate surface area is 140 Å². The third kappa shape index (κ3) is 4.79. The average Bonchev–Trinajstić information content (AvgIpc) is 2.67. The van der Waals surface area contributed by atoms with Crippen LogP contribution in [0.1, 0.15) is 67.2 Å². The number of carbonyl (C=O) groups excluding carboxylic acids is 3. The summed E-state index contributed by atoms with van der Waals surface area (Å²) in [5.74, 6) is -0.238. The lowest BCUT2D eigenvalue weighted by atomic mass is 9.73. The number of amides is 3. The summed E-state index contributed by atoms with van der Waals surface area (Å²) in [6.07, 6.45) is 2.00. The van der Waals surface area contributed by atoms with Crippen LogP contribution in [0.2, 0.25) is 0 Å². The number of hydrogen-bond acceptors (Lipinski definition) is 3. The Bertz CT molecular complexity index is 465. The molecule has 1 aliphatic heterocycles. The first-order chi connectivity index (χ1) is 10.5. The van der Waals surface area contributed by atoms with Gasteiger partial charge in [-0.15, -0.1) is 0 Å². The van der Waals surface area contributed by atoms with Crippen LogP contribution in [0.25, 0.3) is 0 Å². The predicted octanol–water partition coefficient (Wildman–Crippen LogP) is 2.74. The molecule has 0 aromatic heterocycles. The van der Waals surface area contributed by atoms with Crippen LogP contribution in [0, 0.1) is 16.7 Å². The fourth-order valence-corrected chi connectivity index (χ4v) is 3.06. The van der Waals surface area contributed by atoms with Gasteiger partial charge < -0.3 is 5.32 Å². The van der Waals surface area contributed by atoms with Gasteiger partial charge in [0.2, 0.25) is 17.7 Å². The fourth-order valence-electron chi connectivity index (χ4n) is 3.06. The molecule has 1 rings (SSSR count). The molecule has 1 heterocycles. The first kappa shape index (κ1) is 19.7. The standard InChI is InChI=1S/C18H32N2O3/c1-7-18(13(2)3)12-15(22)20(16(18)23)11-8-14(21)19-10-9-17(4,5)6/h13H,7-12H2,1-6H3,(H,19,21). The largest absolute Gasteiger partial charge is 0.356 e. The van der Waals surface area contributed by atoms with Crippen LogP contribution >= 0.6 is 0 Å². The van der Waals surface area contributed by atoms with Crippen molar-refractivity contribution in [1.29, 1.82) is 0 Å². The highest BCUT2D eigenvalue weighted by Crippen LogP contribution is 2.42. The Morgan fingerprint density at radius 2 is 1.91 bits per heavy atom. The van der Waals surface area contributed by atoms with Crippen molar-refractivity contribution < 1.29 is 14.4 Å². The van der Waals surface area contributed by atoms with Crippen molar-refractivity contribution in [2.75, 3.05) is 13.1 Å². The highest BCUT2D eigenvalue weighted by Gasteiger charge is 2.51. The fraction of sp³-hybridized carbons (Fsp3) is 0.833. The van der Waals surface area contributed by atoms with Gasteiger partial charge in [0.1, 0.15) is 0 Å². The number of nitrogens with zero attached hydrogens (tertiary/aromatic N) is 1. The monoisotopic (exact) mass is 324 g/mol. The van der Waals surface area contributed by atoms with E-state index >= 15 is 0 Å². The zero-order valence-electron chi connectivity index (χ0n) is 15.5. The SMILES string of the molecule is CCC1(C(C)C)CC(=O)N(CCC(=O)NCCC(C)(C)C)C1=O. The summed E-state index contributed by atoms with van der Waals surface area (Å²) >= 11 is 0. The third-order valence-electron chi connectivity index (χ3n) is 4.93. The second kappa shape index (κ2) is 7.45. The van der Waals surface area contributed by atoms with E-state index in [-0.39, 0.29) is 48.4 Å². The zero-order chi connectivity index (χ0) is 17.8. The molecule has 5 nitrogen and oxygen atoms in total. The van der Waals surface area contributed by atoms with Gasteiger partial charge in [-0.2, -0.15) is 0 Å².